The van der Waals surface area contributed by atoms with E-state index in [0.29, 0.717) is 6.54 Å². The summed E-state index contributed by atoms with van der Waals surface area (Å²) in [5, 5.41) is 9.37. The molecule has 5 heteroatoms. The lowest BCUT2D eigenvalue weighted by molar-refractivity contribution is 0.0882. The van der Waals surface area contributed by atoms with E-state index < -0.39 is 6.09 Å². The molecule has 0 spiro atoms. The highest BCUT2D eigenvalue weighted by atomic mass is 79.9. The second-order valence-electron chi connectivity index (χ2n) is 5.07. The normalized spacial score (nSPS) is 26.4. The zero-order valence-corrected chi connectivity index (χ0v) is 11.6. The number of amides is 1. The highest BCUT2D eigenvalue weighted by molar-refractivity contribution is 9.10. The first kappa shape index (κ1) is 12.0. The number of aromatic nitrogens is 1. The topological polar surface area (TPSA) is 53.4 Å². The molecule has 1 N–H and O–H groups in total. The first-order valence-corrected chi connectivity index (χ1v) is 7.10. The van der Waals surface area contributed by atoms with E-state index in [1.54, 1.807) is 4.90 Å². The van der Waals surface area contributed by atoms with E-state index >= 15 is 0 Å². The Kier molecular flexibility index (Phi) is 3.01. The summed E-state index contributed by atoms with van der Waals surface area (Å²) in [4.78, 5) is 17.5. The van der Waals surface area contributed by atoms with Crippen molar-refractivity contribution in [2.75, 3.05) is 0 Å². The fourth-order valence-corrected chi connectivity index (χ4v) is 3.64. The van der Waals surface area contributed by atoms with E-state index in [1.165, 1.54) is 6.42 Å². The number of hydrogen-bond donors (Lipinski definition) is 1. The van der Waals surface area contributed by atoms with Crippen molar-refractivity contribution in [1.82, 2.24) is 9.88 Å². The molecule has 18 heavy (non-hydrogen) atoms. The number of carbonyl (C=O) groups is 1. The van der Waals surface area contributed by atoms with Gasteiger partial charge in [0.25, 0.3) is 0 Å². The molecule has 1 saturated carbocycles. The Labute approximate surface area is 114 Å². The van der Waals surface area contributed by atoms with Gasteiger partial charge in [0.15, 0.2) is 0 Å². The molecular weight excluding hydrogens is 296 g/mol. The van der Waals surface area contributed by atoms with Gasteiger partial charge in [0.05, 0.1) is 12.2 Å². The van der Waals surface area contributed by atoms with Crippen LogP contribution in [0.4, 0.5) is 4.79 Å². The Bertz CT molecular complexity index is 492. The maximum Gasteiger partial charge on any atom is 0.407 e. The molecule has 1 aromatic heterocycles. The van der Waals surface area contributed by atoms with Crippen LogP contribution in [0.1, 0.15) is 42.9 Å². The van der Waals surface area contributed by atoms with Crippen LogP contribution in [-0.2, 0) is 6.54 Å². The Morgan fingerprint density at radius 1 is 1.44 bits per heavy atom. The SMILES string of the molecule is O=C(O)N1Cc2cc(Br)cnc2[C@H]2CCCC[C@H]21. The molecule has 3 rings (SSSR count). The average Bonchev–Trinajstić information content (AvgIpc) is 2.37. The minimum atomic E-state index is -0.808. The van der Waals surface area contributed by atoms with Crippen LogP contribution in [0.3, 0.4) is 0 Å². The second kappa shape index (κ2) is 4.53. The minimum absolute atomic E-state index is 0.123. The van der Waals surface area contributed by atoms with Gasteiger partial charge in [-0.15, -0.1) is 0 Å². The minimum Gasteiger partial charge on any atom is -0.465 e. The first-order chi connectivity index (χ1) is 8.66. The van der Waals surface area contributed by atoms with E-state index in [-0.39, 0.29) is 12.0 Å². The van der Waals surface area contributed by atoms with Crippen LogP contribution < -0.4 is 0 Å². The largest absolute Gasteiger partial charge is 0.465 e. The van der Waals surface area contributed by atoms with Gasteiger partial charge in [-0.3, -0.25) is 4.98 Å². The van der Waals surface area contributed by atoms with Crippen LogP contribution in [0.15, 0.2) is 16.7 Å². The summed E-state index contributed by atoms with van der Waals surface area (Å²) >= 11 is 3.41. The van der Waals surface area contributed by atoms with Gasteiger partial charge in [0, 0.05) is 22.6 Å². The maximum absolute atomic E-state index is 11.4. The summed E-state index contributed by atoms with van der Waals surface area (Å²) in [6, 6.07) is 2.13. The van der Waals surface area contributed by atoms with Gasteiger partial charge in [-0.05, 0) is 40.4 Å². The number of hydrogen-bond acceptors (Lipinski definition) is 2. The third-order valence-electron chi connectivity index (χ3n) is 4.04. The Balaban J connectivity index is 2.04. The quantitative estimate of drug-likeness (QED) is 0.799. The van der Waals surface area contributed by atoms with Crippen molar-refractivity contribution < 1.29 is 9.90 Å². The zero-order chi connectivity index (χ0) is 12.7. The van der Waals surface area contributed by atoms with Crippen LogP contribution in [0.2, 0.25) is 0 Å². The maximum atomic E-state index is 11.4. The predicted octanol–water partition coefficient (Wildman–Crippen LogP) is 3.36. The monoisotopic (exact) mass is 310 g/mol. The average molecular weight is 311 g/mol. The molecule has 2 atom stereocenters. The number of carboxylic acid groups (broad SMARTS) is 1. The summed E-state index contributed by atoms with van der Waals surface area (Å²) in [5.74, 6) is 0.284. The van der Waals surface area contributed by atoms with Crippen molar-refractivity contribution in [2.45, 2.75) is 44.2 Å². The summed E-state index contributed by atoms with van der Waals surface area (Å²) < 4.78 is 0.917. The van der Waals surface area contributed by atoms with Crippen molar-refractivity contribution in [3.8, 4) is 0 Å². The number of rotatable bonds is 0. The van der Waals surface area contributed by atoms with Gasteiger partial charge in [-0.1, -0.05) is 12.8 Å². The Morgan fingerprint density at radius 3 is 3.00 bits per heavy atom. The fourth-order valence-electron chi connectivity index (χ4n) is 3.27. The highest BCUT2D eigenvalue weighted by Gasteiger charge is 2.39. The molecule has 0 saturated heterocycles. The molecule has 0 bridgehead atoms. The van der Waals surface area contributed by atoms with Crippen LogP contribution in [-0.4, -0.2) is 27.1 Å². The third-order valence-corrected chi connectivity index (χ3v) is 4.47. The van der Waals surface area contributed by atoms with Crippen molar-refractivity contribution >= 4 is 22.0 Å². The van der Waals surface area contributed by atoms with Gasteiger partial charge in [0.1, 0.15) is 0 Å². The van der Waals surface area contributed by atoms with E-state index in [4.69, 9.17) is 0 Å². The summed E-state index contributed by atoms with van der Waals surface area (Å²) in [6.45, 7) is 0.471. The number of pyridine rings is 1. The van der Waals surface area contributed by atoms with Crippen molar-refractivity contribution in [3.63, 3.8) is 0 Å². The molecule has 1 amide bonds. The molecular formula is C13H15BrN2O2. The molecule has 96 valence electrons. The molecule has 4 nitrogen and oxygen atoms in total. The molecule has 1 aliphatic heterocycles. The number of nitrogens with zero attached hydrogens (tertiary/aromatic N) is 2. The van der Waals surface area contributed by atoms with Gasteiger partial charge >= 0.3 is 6.09 Å². The lowest BCUT2D eigenvalue weighted by Crippen LogP contribution is -2.47. The van der Waals surface area contributed by atoms with Gasteiger partial charge in [-0.25, -0.2) is 4.79 Å². The smallest absolute Gasteiger partial charge is 0.407 e. The molecule has 1 aliphatic carbocycles. The lowest BCUT2D eigenvalue weighted by Gasteiger charge is -2.42. The zero-order valence-electron chi connectivity index (χ0n) is 9.97. The Hall–Kier alpha value is -1.10. The van der Waals surface area contributed by atoms with Crippen LogP contribution in [0.25, 0.3) is 0 Å². The lowest BCUT2D eigenvalue weighted by atomic mass is 9.77. The molecule has 2 aliphatic rings. The summed E-state index contributed by atoms with van der Waals surface area (Å²) in [7, 11) is 0. The standard InChI is InChI=1S/C13H15BrN2O2/c14-9-5-8-7-16(13(17)18)11-4-2-1-3-10(11)12(8)15-6-9/h5-6,10-11H,1-4,7H2,(H,17,18)/t10-,11+/m0/s1. The van der Waals surface area contributed by atoms with Crippen LogP contribution in [0, 0.1) is 0 Å². The first-order valence-electron chi connectivity index (χ1n) is 6.30. The molecule has 1 aromatic rings. The Morgan fingerprint density at radius 2 is 2.22 bits per heavy atom. The second-order valence-corrected chi connectivity index (χ2v) is 5.98. The predicted molar refractivity (Wildman–Crippen MR) is 70.5 cm³/mol. The number of halogens is 1. The summed E-state index contributed by atoms with van der Waals surface area (Å²) in [5.41, 5.74) is 2.16. The van der Waals surface area contributed by atoms with E-state index in [0.717, 1.165) is 35.0 Å². The third kappa shape index (κ3) is 1.90. The van der Waals surface area contributed by atoms with Gasteiger partial charge < -0.3 is 10.0 Å². The van der Waals surface area contributed by atoms with Crippen molar-refractivity contribution in [2.24, 2.45) is 0 Å². The fraction of sp³-hybridized carbons (Fsp3) is 0.538. The van der Waals surface area contributed by atoms with Crippen molar-refractivity contribution in [3.05, 3.63) is 28.0 Å². The van der Waals surface area contributed by atoms with Crippen LogP contribution in [0.5, 0.6) is 0 Å². The van der Waals surface area contributed by atoms with Crippen LogP contribution >= 0.6 is 15.9 Å². The van der Waals surface area contributed by atoms with E-state index in [9.17, 15) is 9.90 Å². The van der Waals surface area contributed by atoms with E-state index in [2.05, 4.69) is 20.9 Å². The molecule has 2 heterocycles. The molecule has 1 fully saturated rings. The number of fused-ring (bicyclic) bond motifs is 3. The molecule has 0 radical (unpaired) electrons. The molecule has 0 aromatic carbocycles. The van der Waals surface area contributed by atoms with Crippen molar-refractivity contribution in [1.29, 1.82) is 0 Å². The highest BCUT2D eigenvalue weighted by Crippen LogP contribution is 2.41. The van der Waals surface area contributed by atoms with Gasteiger partial charge in [0.2, 0.25) is 0 Å². The van der Waals surface area contributed by atoms with E-state index in [1.807, 2.05) is 12.3 Å². The molecule has 0 unspecified atom stereocenters. The van der Waals surface area contributed by atoms with Gasteiger partial charge in [-0.2, -0.15) is 0 Å². The summed E-state index contributed by atoms with van der Waals surface area (Å²) in [6.07, 6.45) is 5.32.